The number of phenolic OH excluding ortho intramolecular Hbond substituents is 1. The van der Waals surface area contributed by atoms with Crippen LogP contribution in [0, 0.1) is 5.92 Å². The minimum atomic E-state index is -0.952. The van der Waals surface area contributed by atoms with Crippen molar-refractivity contribution in [2.24, 2.45) is 5.92 Å². The quantitative estimate of drug-likeness (QED) is 0.383. The summed E-state index contributed by atoms with van der Waals surface area (Å²) in [5.41, 5.74) is -0.182. The molecule has 0 radical (unpaired) electrons. The van der Waals surface area contributed by atoms with Gasteiger partial charge in [-0.2, -0.15) is 0 Å². The Labute approximate surface area is 222 Å². The van der Waals surface area contributed by atoms with Gasteiger partial charge in [0.1, 0.15) is 23.4 Å². The molecule has 8 heteroatoms. The summed E-state index contributed by atoms with van der Waals surface area (Å²) >= 11 is 0. The molecule has 0 spiro atoms. The van der Waals surface area contributed by atoms with Gasteiger partial charge in [0, 0.05) is 12.1 Å². The first-order valence-corrected chi connectivity index (χ1v) is 13.7. The predicted molar refractivity (Wildman–Crippen MR) is 145 cm³/mol. The van der Waals surface area contributed by atoms with Gasteiger partial charge in [-0.05, 0) is 77.0 Å². The maximum Gasteiger partial charge on any atom is 0.408 e. The molecule has 1 fully saturated rings. The summed E-state index contributed by atoms with van der Waals surface area (Å²) in [4.78, 5) is 42.3. The second kappa shape index (κ2) is 13.7. The third-order valence-electron chi connectivity index (χ3n) is 6.68. The SMILES string of the molecule is CCC(C)N(C(=O)C(CC(C)C)NC(=O)OC(C)(C)C)C(C(=O)NC1CCCCC1)c1cccc(O)c1. The van der Waals surface area contributed by atoms with Gasteiger partial charge in [0.2, 0.25) is 11.8 Å². The number of nitrogens with one attached hydrogen (secondary N) is 2. The average molecular weight is 518 g/mol. The molecule has 3 atom stereocenters. The first-order chi connectivity index (χ1) is 17.3. The van der Waals surface area contributed by atoms with Gasteiger partial charge in [0.05, 0.1) is 0 Å². The number of carbonyl (C=O) groups is 3. The maximum atomic E-state index is 14.2. The van der Waals surface area contributed by atoms with Crippen LogP contribution in [0.25, 0.3) is 0 Å². The van der Waals surface area contributed by atoms with Crippen LogP contribution in [0.15, 0.2) is 24.3 Å². The lowest BCUT2D eigenvalue weighted by Crippen LogP contribution is -2.56. The molecule has 3 N–H and O–H groups in total. The highest BCUT2D eigenvalue weighted by Gasteiger charge is 2.39. The van der Waals surface area contributed by atoms with Gasteiger partial charge in [-0.25, -0.2) is 4.79 Å². The first kappa shape index (κ1) is 30.5. The fraction of sp³-hybridized carbons (Fsp3) is 0.690. The van der Waals surface area contributed by atoms with Gasteiger partial charge in [-0.3, -0.25) is 9.59 Å². The summed E-state index contributed by atoms with van der Waals surface area (Å²) < 4.78 is 5.44. The van der Waals surface area contributed by atoms with E-state index in [0.29, 0.717) is 18.4 Å². The number of amides is 3. The zero-order valence-electron chi connectivity index (χ0n) is 23.7. The molecule has 0 aromatic heterocycles. The summed E-state index contributed by atoms with van der Waals surface area (Å²) in [6, 6.07) is 4.44. The Balaban J connectivity index is 2.48. The lowest BCUT2D eigenvalue weighted by atomic mass is 9.93. The van der Waals surface area contributed by atoms with Crippen molar-refractivity contribution in [3.05, 3.63) is 29.8 Å². The van der Waals surface area contributed by atoms with E-state index in [2.05, 4.69) is 10.6 Å². The van der Waals surface area contributed by atoms with Crippen LogP contribution in [0.4, 0.5) is 4.79 Å². The summed E-state index contributed by atoms with van der Waals surface area (Å²) in [7, 11) is 0. The Morgan fingerprint density at radius 2 is 1.76 bits per heavy atom. The zero-order valence-corrected chi connectivity index (χ0v) is 23.7. The summed E-state index contributed by atoms with van der Waals surface area (Å²) in [5.74, 6) is -0.485. The first-order valence-electron chi connectivity index (χ1n) is 13.7. The van der Waals surface area contributed by atoms with Crippen LogP contribution in [0.5, 0.6) is 5.75 Å². The Morgan fingerprint density at radius 1 is 1.11 bits per heavy atom. The van der Waals surface area contributed by atoms with E-state index in [-0.39, 0.29) is 35.6 Å². The van der Waals surface area contributed by atoms with Gasteiger partial charge in [-0.1, -0.05) is 52.2 Å². The fourth-order valence-electron chi connectivity index (χ4n) is 4.78. The summed E-state index contributed by atoms with van der Waals surface area (Å²) in [5, 5.41) is 16.2. The average Bonchev–Trinajstić information content (AvgIpc) is 2.80. The summed E-state index contributed by atoms with van der Waals surface area (Å²) in [6.07, 6.45) is 5.43. The van der Waals surface area contributed by atoms with E-state index in [0.717, 1.165) is 32.1 Å². The van der Waals surface area contributed by atoms with Crippen LogP contribution in [-0.2, 0) is 14.3 Å². The largest absolute Gasteiger partial charge is 0.508 e. The van der Waals surface area contributed by atoms with E-state index in [1.54, 1.807) is 43.9 Å². The highest BCUT2D eigenvalue weighted by atomic mass is 16.6. The van der Waals surface area contributed by atoms with Crippen molar-refractivity contribution in [1.82, 2.24) is 15.5 Å². The molecule has 1 aliphatic carbocycles. The molecule has 3 unspecified atom stereocenters. The Morgan fingerprint density at radius 3 is 2.30 bits per heavy atom. The normalized spacial score (nSPS) is 17.0. The highest BCUT2D eigenvalue weighted by molar-refractivity contribution is 5.92. The van der Waals surface area contributed by atoms with Crippen LogP contribution >= 0.6 is 0 Å². The second-order valence-electron chi connectivity index (χ2n) is 11.7. The number of hydrogen-bond donors (Lipinski definition) is 3. The van der Waals surface area contributed by atoms with E-state index < -0.39 is 23.8 Å². The number of rotatable bonds is 10. The fourth-order valence-corrected chi connectivity index (χ4v) is 4.78. The van der Waals surface area contributed by atoms with Crippen LogP contribution < -0.4 is 10.6 Å². The molecule has 1 aromatic rings. The molecular formula is C29H47N3O5. The third kappa shape index (κ3) is 9.56. The number of carbonyl (C=O) groups excluding carboxylic acids is 3. The van der Waals surface area contributed by atoms with Crippen molar-refractivity contribution in [3.8, 4) is 5.75 Å². The van der Waals surface area contributed by atoms with Gasteiger partial charge in [0.25, 0.3) is 0 Å². The van der Waals surface area contributed by atoms with Crippen molar-refractivity contribution < 1.29 is 24.2 Å². The zero-order chi connectivity index (χ0) is 27.8. The molecule has 0 saturated heterocycles. The number of phenols is 1. The minimum Gasteiger partial charge on any atom is -0.508 e. The number of benzene rings is 1. The number of ether oxygens (including phenoxy) is 1. The van der Waals surface area contributed by atoms with Crippen molar-refractivity contribution >= 4 is 17.9 Å². The van der Waals surface area contributed by atoms with Crippen LogP contribution in [-0.4, -0.2) is 51.6 Å². The standard InChI is InChI=1S/C29H47N3O5/c1-8-20(4)32(27(35)24(17-19(2)3)31-28(36)37-29(5,6)7)25(21-13-12-16-23(33)18-21)26(34)30-22-14-10-9-11-15-22/h12-13,16,18-20,22,24-25,33H,8-11,14-15,17H2,1-7H3,(H,30,34)(H,31,36). The van der Waals surface area contributed by atoms with E-state index in [1.807, 2.05) is 27.7 Å². The van der Waals surface area contributed by atoms with Gasteiger partial charge in [-0.15, -0.1) is 0 Å². The number of aromatic hydroxyl groups is 1. The highest BCUT2D eigenvalue weighted by Crippen LogP contribution is 2.30. The molecule has 3 amide bonds. The lowest BCUT2D eigenvalue weighted by Gasteiger charge is -2.39. The van der Waals surface area contributed by atoms with E-state index >= 15 is 0 Å². The van der Waals surface area contributed by atoms with Crippen molar-refractivity contribution in [2.45, 2.75) is 123 Å². The molecule has 1 aliphatic rings. The second-order valence-corrected chi connectivity index (χ2v) is 11.7. The molecule has 8 nitrogen and oxygen atoms in total. The van der Waals surface area contributed by atoms with E-state index in [1.165, 1.54) is 6.07 Å². The van der Waals surface area contributed by atoms with Crippen LogP contribution in [0.3, 0.4) is 0 Å². The van der Waals surface area contributed by atoms with Crippen LogP contribution in [0.1, 0.15) is 105 Å². The smallest absolute Gasteiger partial charge is 0.408 e. The monoisotopic (exact) mass is 517 g/mol. The summed E-state index contributed by atoms with van der Waals surface area (Å²) in [6.45, 7) is 13.1. The Bertz CT molecular complexity index is 905. The molecule has 0 heterocycles. The molecule has 208 valence electrons. The van der Waals surface area contributed by atoms with Crippen molar-refractivity contribution in [1.29, 1.82) is 0 Å². The van der Waals surface area contributed by atoms with Gasteiger partial charge >= 0.3 is 6.09 Å². The third-order valence-corrected chi connectivity index (χ3v) is 6.68. The molecule has 37 heavy (non-hydrogen) atoms. The van der Waals surface area contributed by atoms with E-state index in [4.69, 9.17) is 4.74 Å². The van der Waals surface area contributed by atoms with Crippen molar-refractivity contribution in [2.75, 3.05) is 0 Å². The van der Waals surface area contributed by atoms with Gasteiger partial charge < -0.3 is 25.4 Å². The topological polar surface area (TPSA) is 108 Å². The Hall–Kier alpha value is -2.77. The number of alkyl carbamates (subject to hydrolysis) is 1. The van der Waals surface area contributed by atoms with Crippen molar-refractivity contribution in [3.63, 3.8) is 0 Å². The molecular weight excluding hydrogens is 470 g/mol. The molecule has 1 aromatic carbocycles. The Kier molecular flexibility index (Phi) is 11.3. The molecule has 0 bridgehead atoms. The molecule has 1 saturated carbocycles. The van der Waals surface area contributed by atoms with E-state index in [9.17, 15) is 19.5 Å². The minimum absolute atomic E-state index is 0.0233. The lowest BCUT2D eigenvalue weighted by molar-refractivity contribution is -0.145. The number of hydrogen-bond acceptors (Lipinski definition) is 5. The predicted octanol–water partition coefficient (Wildman–Crippen LogP) is 5.45. The van der Waals surface area contributed by atoms with Crippen LogP contribution in [0.2, 0.25) is 0 Å². The molecule has 2 rings (SSSR count). The van der Waals surface area contributed by atoms with Gasteiger partial charge in [0.15, 0.2) is 0 Å². The maximum absolute atomic E-state index is 14.2. The number of nitrogens with zero attached hydrogens (tertiary/aromatic N) is 1. The molecule has 0 aliphatic heterocycles.